The van der Waals surface area contributed by atoms with Crippen LogP contribution in [0.1, 0.15) is 45.7 Å². The summed E-state index contributed by atoms with van der Waals surface area (Å²) in [6.07, 6.45) is 8.24. The average Bonchev–Trinajstić information content (AvgIpc) is 3.31. The minimum Gasteiger partial charge on any atom is -0.381 e. The van der Waals surface area contributed by atoms with E-state index in [0.717, 1.165) is 12.2 Å². The molecule has 1 aliphatic heterocycles. The number of hydrogen-bond donors (Lipinski definition) is 1. The number of amides is 1. The summed E-state index contributed by atoms with van der Waals surface area (Å²) in [4.78, 5) is 23.6. The number of rotatable bonds is 8. The van der Waals surface area contributed by atoms with Gasteiger partial charge in [-0.15, -0.1) is 0 Å². The molecule has 0 fully saturated rings. The van der Waals surface area contributed by atoms with Gasteiger partial charge in [0.15, 0.2) is 5.82 Å². The highest BCUT2D eigenvalue weighted by Gasteiger charge is 2.31. The Morgan fingerprint density at radius 1 is 1.12 bits per heavy atom. The van der Waals surface area contributed by atoms with Crippen molar-refractivity contribution in [2.45, 2.75) is 52.6 Å². The fraction of sp³-hybridized carbons (Fsp3) is 0.355. The molecule has 4 rings (SSSR count). The van der Waals surface area contributed by atoms with Crippen molar-refractivity contribution in [2.24, 2.45) is 5.92 Å². The van der Waals surface area contributed by atoms with Gasteiger partial charge in [-0.25, -0.2) is 32.2 Å². The molecule has 1 unspecified atom stereocenters. The van der Waals surface area contributed by atoms with E-state index >= 15 is 0 Å². The standard InChI is InChI=1S/C31H33F5N6O/c1-6-22-24(23(9-10-32)18(4)40-27-8-7-21(33)12-25(27)28(34)35)11-19(16-41(5)31(22)43)20-13-37-30(38-14-20)26-15-39-42(17(2)3)29(26)36/h6-11,13-15,17-18,25,28,40H,12,16H2,1-5H3/b10-9+,22-6+,24-23+/t18-,25?/m1/s1. The van der Waals surface area contributed by atoms with Crippen molar-refractivity contribution >= 4 is 11.5 Å². The number of allylic oxidation sites excluding steroid dienone is 6. The fourth-order valence-corrected chi connectivity index (χ4v) is 5.06. The van der Waals surface area contributed by atoms with Crippen molar-refractivity contribution in [1.29, 1.82) is 0 Å². The number of alkyl halides is 2. The summed E-state index contributed by atoms with van der Waals surface area (Å²) in [6, 6.07) is -0.951. The molecule has 0 saturated heterocycles. The molecule has 2 aromatic heterocycles. The van der Waals surface area contributed by atoms with Crippen LogP contribution in [0.4, 0.5) is 22.0 Å². The quantitative estimate of drug-likeness (QED) is 0.272. The second-order valence-electron chi connectivity index (χ2n) is 10.6. The molecule has 1 amide bonds. The Hall–Kier alpha value is -4.35. The molecular weight excluding hydrogens is 567 g/mol. The van der Waals surface area contributed by atoms with E-state index in [2.05, 4.69) is 20.4 Å². The Bertz CT molecular complexity index is 1550. The van der Waals surface area contributed by atoms with Crippen molar-refractivity contribution in [3.63, 3.8) is 0 Å². The second kappa shape index (κ2) is 13.3. The summed E-state index contributed by atoms with van der Waals surface area (Å²) < 4.78 is 71.1. The van der Waals surface area contributed by atoms with Gasteiger partial charge in [-0.3, -0.25) is 4.79 Å². The molecule has 1 N–H and O–H groups in total. The van der Waals surface area contributed by atoms with Crippen molar-refractivity contribution in [1.82, 2.24) is 30.0 Å². The van der Waals surface area contributed by atoms with Gasteiger partial charge in [-0.05, 0) is 68.7 Å². The summed E-state index contributed by atoms with van der Waals surface area (Å²) in [7, 11) is 1.61. The lowest BCUT2D eigenvalue weighted by molar-refractivity contribution is -0.124. The van der Waals surface area contributed by atoms with Crippen LogP contribution in [0.3, 0.4) is 0 Å². The van der Waals surface area contributed by atoms with Crippen LogP contribution in [0.25, 0.3) is 17.0 Å². The van der Waals surface area contributed by atoms with Gasteiger partial charge < -0.3 is 10.2 Å². The Kier molecular flexibility index (Phi) is 9.77. The van der Waals surface area contributed by atoms with Crippen LogP contribution in [0.2, 0.25) is 0 Å². The molecule has 2 aliphatic rings. The van der Waals surface area contributed by atoms with Gasteiger partial charge in [0.1, 0.15) is 5.83 Å². The minimum atomic E-state index is -2.82. The maximum absolute atomic E-state index is 14.8. The molecule has 2 atom stereocenters. The molecule has 1 aliphatic carbocycles. The van der Waals surface area contributed by atoms with Gasteiger partial charge in [-0.1, -0.05) is 6.08 Å². The number of halogens is 5. The third-order valence-electron chi connectivity index (χ3n) is 7.33. The first kappa shape index (κ1) is 31.6. The van der Waals surface area contributed by atoms with Crippen molar-refractivity contribution in [2.75, 3.05) is 13.6 Å². The average molecular weight is 601 g/mol. The number of nitrogens with zero attached hydrogens (tertiary/aromatic N) is 5. The Morgan fingerprint density at radius 2 is 1.81 bits per heavy atom. The smallest absolute Gasteiger partial charge is 0.254 e. The normalized spacial score (nSPS) is 20.9. The zero-order valence-electron chi connectivity index (χ0n) is 24.5. The zero-order valence-corrected chi connectivity index (χ0v) is 24.5. The van der Waals surface area contributed by atoms with Crippen molar-refractivity contribution in [3.8, 4) is 11.4 Å². The number of hydrogen-bond acceptors (Lipinski definition) is 5. The second-order valence-corrected chi connectivity index (χ2v) is 10.6. The Balaban J connectivity index is 1.78. The Labute approximate surface area is 246 Å². The summed E-state index contributed by atoms with van der Waals surface area (Å²) in [5.41, 5.74) is 2.33. The van der Waals surface area contributed by atoms with Gasteiger partial charge in [0, 0.05) is 61.3 Å². The van der Waals surface area contributed by atoms with Gasteiger partial charge in [0.2, 0.25) is 12.4 Å². The minimum absolute atomic E-state index is 0.106. The molecule has 0 saturated carbocycles. The van der Waals surface area contributed by atoms with Crippen LogP contribution in [0, 0.1) is 11.9 Å². The van der Waals surface area contributed by atoms with Crippen LogP contribution in [-0.4, -0.2) is 56.6 Å². The largest absolute Gasteiger partial charge is 0.381 e. The third kappa shape index (κ3) is 6.68. The molecular formula is C31H33F5N6O. The molecule has 0 bridgehead atoms. The van der Waals surface area contributed by atoms with E-state index in [0.29, 0.717) is 28.6 Å². The monoisotopic (exact) mass is 600 g/mol. The number of nitrogens with one attached hydrogen (secondary N) is 1. The lowest BCUT2D eigenvalue weighted by atomic mass is 9.91. The molecule has 0 spiro atoms. The lowest BCUT2D eigenvalue weighted by Gasteiger charge is -2.28. The summed E-state index contributed by atoms with van der Waals surface area (Å²) >= 11 is 0. The van der Waals surface area contributed by atoms with E-state index in [1.54, 1.807) is 46.9 Å². The first-order valence-electron chi connectivity index (χ1n) is 13.8. The van der Waals surface area contributed by atoms with E-state index in [4.69, 9.17) is 0 Å². The first-order valence-corrected chi connectivity index (χ1v) is 13.8. The van der Waals surface area contributed by atoms with E-state index in [1.165, 1.54) is 34.2 Å². The van der Waals surface area contributed by atoms with E-state index in [1.807, 2.05) is 0 Å². The van der Waals surface area contributed by atoms with Gasteiger partial charge in [0.25, 0.3) is 5.91 Å². The zero-order chi connectivity index (χ0) is 31.4. The van der Waals surface area contributed by atoms with Gasteiger partial charge >= 0.3 is 0 Å². The van der Waals surface area contributed by atoms with Crippen LogP contribution in [0.15, 0.2) is 83.5 Å². The highest BCUT2D eigenvalue weighted by molar-refractivity contribution is 6.02. The van der Waals surface area contributed by atoms with Gasteiger partial charge in [0.05, 0.1) is 24.0 Å². The number of carbonyl (C=O) groups is 1. The van der Waals surface area contributed by atoms with Crippen molar-refractivity contribution < 1.29 is 26.7 Å². The molecule has 3 heterocycles. The number of aromatic nitrogens is 4. The van der Waals surface area contributed by atoms with E-state index < -0.39 is 36.6 Å². The third-order valence-corrected chi connectivity index (χ3v) is 7.33. The topological polar surface area (TPSA) is 75.9 Å². The van der Waals surface area contributed by atoms with Crippen LogP contribution in [0.5, 0.6) is 0 Å². The van der Waals surface area contributed by atoms with Crippen molar-refractivity contribution in [3.05, 3.63) is 95.1 Å². The molecule has 2 aromatic rings. The molecule has 0 aromatic carbocycles. The van der Waals surface area contributed by atoms with E-state index in [9.17, 15) is 26.7 Å². The summed E-state index contributed by atoms with van der Waals surface area (Å²) in [5.74, 6) is -2.81. The molecule has 12 heteroatoms. The molecule has 43 heavy (non-hydrogen) atoms. The first-order chi connectivity index (χ1) is 20.5. The highest BCUT2D eigenvalue weighted by atomic mass is 19.3. The Morgan fingerprint density at radius 3 is 2.40 bits per heavy atom. The van der Waals surface area contributed by atoms with Crippen LogP contribution >= 0.6 is 0 Å². The van der Waals surface area contributed by atoms with Crippen LogP contribution < -0.4 is 5.32 Å². The van der Waals surface area contributed by atoms with Gasteiger partial charge in [-0.2, -0.15) is 9.49 Å². The highest BCUT2D eigenvalue weighted by Crippen LogP contribution is 2.33. The predicted molar refractivity (Wildman–Crippen MR) is 154 cm³/mol. The maximum Gasteiger partial charge on any atom is 0.254 e. The van der Waals surface area contributed by atoms with Crippen LogP contribution in [-0.2, 0) is 4.79 Å². The maximum atomic E-state index is 14.8. The fourth-order valence-electron chi connectivity index (χ4n) is 5.06. The summed E-state index contributed by atoms with van der Waals surface area (Å²) in [6.45, 7) is 7.06. The molecule has 7 nitrogen and oxygen atoms in total. The summed E-state index contributed by atoms with van der Waals surface area (Å²) in [5, 5.41) is 7.04. The number of carbonyl (C=O) groups excluding carboxylic acids is 1. The predicted octanol–water partition coefficient (Wildman–Crippen LogP) is 6.64. The molecule has 228 valence electrons. The lowest BCUT2D eigenvalue weighted by Crippen LogP contribution is -2.34. The SMILES string of the molecule is C/C=C1/C(=O)N(C)CC(c2cnc(-c3cnn(C(C)C)c3F)nc2)=C/C1=C(/C=C/F)[C@@H](C)NC1=CC=C(F)CC1C(F)F. The number of likely N-dealkylation sites (N-methyl/N-ethyl adjacent to an activating group) is 1. The van der Waals surface area contributed by atoms with E-state index in [-0.39, 0.29) is 41.2 Å². The molecule has 0 radical (unpaired) electrons.